The van der Waals surface area contributed by atoms with E-state index in [1.54, 1.807) is 11.9 Å². The summed E-state index contributed by atoms with van der Waals surface area (Å²) < 4.78 is 16.5. The van der Waals surface area contributed by atoms with E-state index >= 15 is 0 Å². The second-order valence-electron chi connectivity index (χ2n) is 15.4. The number of aromatic nitrogens is 4. The molecule has 1 amide bonds. The van der Waals surface area contributed by atoms with Gasteiger partial charge in [-0.2, -0.15) is 0 Å². The summed E-state index contributed by atoms with van der Waals surface area (Å²) in [6, 6.07) is 8.74. The Morgan fingerprint density at radius 1 is 0.857 bits per heavy atom. The number of allylic oxidation sites excluding steroid dienone is 2. The van der Waals surface area contributed by atoms with E-state index in [0.29, 0.717) is 19.4 Å². The molecule has 1 saturated heterocycles. The Hall–Kier alpha value is -3.95. The predicted molar refractivity (Wildman–Crippen MR) is 216 cm³/mol. The molecule has 6 heterocycles. The summed E-state index contributed by atoms with van der Waals surface area (Å²) in [5.41, 5.74) is 15.2. The molecule has 8 bridgehead atoms. The molecule has 0 saturated carbocycles. The third-order valence-electron chi connectivity index (χ3n) is 11.9. The van der Waals surface area contributed by atoms with Crippen molar-refractivity contribution in [3.05, 3.63) is 69.3 Å². The van der Waals surface area contributed by atoms with Crippen molar-refractivity contribution >= 4 is 39.1 Å². The fourth-order valence-corrected chi connectivity index (χ4v) is 8.23. The van der Waals surface area contributed by atoms with Crippen molar-refractivity contribution < 1.29 is 39.4 Å². The van der Waals surface area contributed by atoms with Crippen LogP contribution in [0.25, 0.3) is 33.2 Å². The van der Waals surface area contributed by atoms with Gasteiger partial charge in [0.25, 0.3) is 0 Å². The van der Waals surface area contributed by atoms with Gasteiger partial charge >= 0.3 is 0 Å². The number of hydrogen-bond acceptors (Lipinski definition) is 10. The summed E-state index contributed by atoms with van der Waals surface area (Å²) in [7, 11) is 1.76. The van der Waals surface area contributed by atoms with Gasteiger partial charge < -0.3 is 49.5 Å². The predicted octanol–water partition coefficient (Wildman–Crippen LogP) is 5.10. The zero-order valence-corrected chi connectivity index (χ0v) is 34.0. The van der Waals surface area contributed by atoms with E-state index in [2.05, 4.69) is 82.7 Å². The molecule has 3 aliphatic heterocycles. The number of aromatic amines is 2. The molecule has 6 N–H and O–H groups in total. The van der Waals surface area contributed by atoms with Crippen LogP contribution in [0.1, 0.15) is 104 Å². The number of carbonyl (C=O) groups excluding carboxylic acids is 1. The topological polar surface area (TPSA) is 186 Å². The molecule has 3 aliphatic rings. The van der Waals surface area contributed by atoms with Crippen LogP contribution in [-0.4, -0.2) is 122 Å². The van der Waals surface area contributed by atoms with Gasteiger partial charge in [0.05, 0.1) is 37.8 Å². The highest BCUT2D eigenvalue weighted by Crippen LogP contribution is 2.42. The molecule has 0 radical (unpaired) electrons. The van der Waals surface area contributed by atoms with Gasteiger partial charge in [-0.1, -0.05) is 20.8 Å². The second kappa shape index (κ2) is 17.7. The van der Waals surface area contributed by atoms with Crippen LogP contribution in [0.4, 0.5) is 0 Å². The van der Waals surface area contributed by atoms with E-state index in [9.17, 15) is 25.2 Å². The van der Waals surface area contributed by atoms with Gasteiger partial charge in [0, 0.05) is 65.3 Å². The quantitative estimate of drug-likeness (QED) is 0.128. The van der Waals surface area contributed by atoms with Crippen molar-refractivity contribution in [3.63, 3.8) is 0 Å². The number of carbonyl (C=O) groups is 1. The molecule has 0 spiro atoms. The summed E-state index contributed by atoms with van der Waals surface area (Å²) in [4.78, 5) is 33.0. The van der Waals surface area contributed by atoms with Gasteiger partial charge in [-0.05, 0) is 105 Å². The highest BCUT2D eigenvalue weighted by Gasteiger charge is 2.44. The Labute approximate surface area is 328 Å². The monoisotopic (exact) mass is 773 g/mol. The van der Waals surface area contributed by atoms with Crippen LogP contribution in [0.15, 0.2) is 24.3 Å². The Morgan fingerprint density at radius 3 is 2.30 bits per heavy atom. The van der Waals surface area contributed by atoms with Gasteiger partial charge in [-0.3, -0.25) is 9.78 Å². The molecule has 13 heteroatoms. The normalized spacial score (nSPS) is 23.9. The number of nitrogens with one attached hydrogen (secondary N) is 2. The van der Waals surface area contributed by atoms with Crippen molar-refractivity contribution in [1.29, 1.82) is 0 Å². The number of nitrogens with zero attached hydrogens (tertiary/aromatic N) is 3. The minimum absolute atomic E-state index is 0.00673. The summed E-state index contributed by atoms with van der Waals surface area (Å²) in [5, 5.41) is 39.4. The Morgan fingerprint density at radius 2 is 1.59 bits per heavy atom. The Bertz CT molecular complexity index is 2100. The molecule has 0 unspecified atom stereocenters. The molecule has 304 valence electrons. The molecule has 3 aromatic heterocycles. The van der Waals surface area contributed by atoms with Gasteiger partial charge in [-0.25, -0.2) is 4.98 Å². The van der Waals surface area contributed by atoms with E-state index in [1.807, 2.05) is 0 Å². The van der Waals surface area contributed by atoms with E-state index in [4.69, 9.17) is 24.2 Å². The SMILES string of the molecule is CCC1=C(C)c2cc3nc(c(C)c4cc(C)c(cc5[nH]c(cc1n2)c(C)c5CC)[nH]4)[C@@H](CCC(=O)N(C)CCOCCO[C@@H]1O[C@H](CO)[C@@H](O)[C@H](O)[C@H]1O)[C@@H]3C. The van der Waals surface area contributed by atoms with Gasteiger partial charge in [0.2, 0.25) is 5.91 Å². The molecular weight excluding hydrogens is 715 g/mol. The van der Waals surface area contributed by atoms with Crippen LogP contribution >= 0.6 is 0 Å². The minimum Gasteiger partial charge on any atom is -0.394 e. The largest absolute Gasteiger partial charge is 0.394 e. The molecule has 0 aromatic carbocycles. The number of amides is 1. The number of aryl methyl sites for hydroxylation is 4. The first-order valence-corrected chi connectivity index (χ1v) is 19.9. The number of hydrogen-bond donors (Lipinski definition) is 6. The van der Waals surface area contributed by atoms with Crippen molar-refractivity contribution in [1.82, 2.24) is 24.8 Å². The zero-order chi connectivity index (χ0) is 40.4. The molecule has 13 nitrogen and oxygen atoms in total. The van der Waals surface area contributed by atoms with Crippen LogP contribution in [0.5, 0.6) is 0 Å². The molecular formula is C43H59N5O8. The lowest BCUT2D eigenvalue weighted by molar-refractivity contribution is -0.302. The average Bonchev–Trinajstić information content (AvgIpc) is 3.89. The first-order valence-electron chi connectivity index (χ1n) is 19.9. The highest BCUT2D eigenvalue weighted by molar-refractivity contribution is 5.92. The fourth-order valence-electron chi connectivity index (χ4n) is 8.23. The Kier molecular flexibility index (Phi) is 13.2. The maximum Gasteiger partial charge on any atom is 0.222 e. The van der Waals surface area contributed by atoms with Crippen molar-refractivity contribution in [3.8, 4) is 0 Å². The van der Waals surface area contributed by atoms with Crippen LogP contribution in [0, 0.1) is 20.8 Å². The summed E-state index contributed by atoms with van der Waals surface area (Å²) in [6.07, 6.45) is -3.93. The first-order chi connectivity index (χ1) is 26.8. The number of likely N-dealkylation sites (N-methyl/N-ethyl adjacent to an activating group) is 1. The fraction of sp³-hybridized carbons (Fsp3) is 0.558. The number of rotatable bonds is 13. The lowest BCUT2D eigenvalue weighted by atomic mass is 9.85. The third-order valence-corrected chi connectivity index (χ3v) is 11.9. The number of fused-ring (bicyclic) bond motifs is 8. The van der Waals surface area contributed by atoms with Crippen LogP contribution in [0.3, 0.4) is 0 Å². The number of H-pyrrole nitrogens is 2. The third kappa shape index (κ3) is 8.36. The highest BCUT2D eigenvalue weighted by atomic mass is 16.7. The van der Waals surface area contributed by atoms with E-state index in [1.165, 1.54) is 22.3 Å². The summed E-state index contributed by atoms with van der Waals surface area (Å²) >= 11 is 0. The zero-order valence-electron chi connectivity index (χ0n) is 34.0. The van der Waals surface area contributed by atoms with Crippen molar-refractivity contribution in [2.45, 2.75) is 117 Å². The molecule has 1 fully saturated rings. The van der Waals surface area contributed by atoms with Crippen LogP contribution < -0.4 is 0 Å². The number of ether oxygens (including phenoxy) is 3. The maximum atomic E-state index is 13.5. The first kappa shape index (κ1) is 41.7. The molecule has 3 aromatic rings. The van der Waals surface area contributed by atoms with E-state index in [0.717, 1.165) is 68.8 Å². The molecule has 56 heavy (non-hydrogen) atoms. The van der Waals surface area contributed by atoms with Gasteiger partial charge in [0.15, 0.2) is 6.29 Å². The minimum atomic E-state index is -1.51. The average molecular weight is 774 g/mol. The number of aliphatic hydroxyl groups excluding tert-OH is 4. The smallest absolute Gasteiger partial charge is 0.222 e. The standard InChI is InChI=1S/C43H59N5O8/c1-9-27-24(5)33-20-36-28(10-2)23(4)32(45-36)19-34-25(6)29(39(47-34)26(7)31-17-22(3)30(44-31)18-35(27)46-33)11-12-38(50)48(8)13-14-54-15-16-55-43-42(53)41(52)40(51)37(21-49)56-43/h17-20,25,29,37,40-44,46,49,51-53H,9-16,21H2,1-8H3/t25-,29-,37+,40+,41-,42+,43+/m0/s1. The van der Waals surface area contributed by atoms with Gasteiger partial charge in [0.1, 0.15) is 24.4 Å². The molecule has 0 aliphatic carbocycles. The Balaban J connectivity index is 1.19. The summed E-state index contributed by atoms with van der Waals surface area (Å²) in [6.45, 7) is 15.5. The maximum absolute atomic E-state index is 13.5. The van der Waals surface area contributed by atoms with E-state index < -0.39 is 37.3 Å². The lowest BCUT2D eigenvalue weighted by Gasteiger charge is -2.39. The van der Waals surface area contributed by atoms with Crippen molar-refractivity contribution in [2.24, 2.45) is 0 Å². The number of aliphatic hydroxyl groups is 4. The van der Waals surface area contributed by atoms with Crippen molar-refractivity contribution in [2.75, 3.05) is 40.0 Å². The second-order valence-corrected chi connectivity index (χ2v) is 15.4. The van der Waals surface area contributed by atoms with Gasteiger partial charge in [-0.15, -0.1) is 0 Å². The lowest BCUT2D eigenvalue weighted by Crippen LogP contribution is -2.59. The van der Waals surface area contributed by atoms with Crippen LogP contribution in [0.2, 0.25) is 0 Å². The van der Waals surface area contributed by atoms with E-state index in [-0.39, 0.29) is 37.6 Å². The summed E-state index contributed by atoms with van der Waals surface area (Å²) in [5.74, 6) is 0.0941. The molecule has 7 atom stereocenters. The molecule has 6 rings (SSSR count). The van der Waals surface area contributed by atoms with Crippen LogP contribution in [-0.2, 0) is 25.4 Å².